The lowest BCUT2D eigenvalue weighted by Gasteiger charge is -2.09. The van der Waals surface area contributed by atoms with E-state index in [0.717, 1.165) is 4.47 Å². The average molecular weight is 251 g/mol. The summed E-state index contributed by atoms with van der Waals surface area (Å²) in [4.78, 5) is 0. The van der Waals surface area contributed by atoms with E-state index in [2.05, 4.69) is 35.0 Å². The van der Waals surface area contributed by atoms with Crippen molar-refractivity contribution in [1.82, 2.24) is 0 Å². The molecule has 0 saturated heterocycles. The van der Waals surface area contributed by atoms with Crippen molar-refractivity contribution < 1.29 is 0 Å². The largest absolute Gasteiger partial charge is 0.324 e. The normalized spacial score (nSPS) is 12.0. The number of benzene rings is 1. The molecule has 0 radical (unpaired) electrons. The second-order valence-corrected chi connectivity index (χ2v) is 3.71. The van der Waals surface area contributed by atoms with Crippen molar-refractivity contribution in [2.24, 2.45) is 5.73 Å². The summed E-state index contributed by atoms with van der Waals surface area (Å²) in [5.41, 5.74) is 8.22. The molecule has 12 heavy (non-hydrogen) atoms. The minimum absolute atomic E-state index is 0. The van der Waals surface area contributed by atoms with Crippen molar-refractivity contribution in [1.29, 1.82) is 0 Å². The van der Waals surface area contributed by atoms with Crippen LogP contribution in [0.15, 0.2) is 22.7 Å². The zero-order chi connectivity index (χ0) is 8.43. The van der Waals surface area contributed by atoms with E-state index in [1.807, 2.05) is 13.0 Å². The zero-order valence-electron chi connectivity index (χ0n) is 7.17. The fourth-order valence-corrected chi connectivity index (χ4v) is 1.48. The topological polar surface area (TPSA) is 26.0 Å². The zero-order valence-corrected chi connectivity index (χ0v) is 9.58. The van der Waals surface area contributed by atoms with Gasteiger partial charge in [-0.1, -0.05) is 22.0 Å². The minimum Gasteiger partial charge on any atom is -0.324 e. The summed E-state index contributed by atoms with van der Waals surface area (Å²) >= 11 is 3.41. The van der Waals surface area contributed by atoms with E-state index in [9.17, 15) is 0 Å². The van der Waals surface area contributed by atoms with E-state index in [1.165, 1.54) is 11.1 Å². The van der Waals surface area contributed by atoms with Gasteiger partial charge in [0.1, 0.15) is 0 Å². The van der Waals surface area contributed by atoms with Gasteiger partial charge in [0, 0.05) is 10.5 Å². The number of halogens is 2. The molecule has 0 aromatic heterocycles. The van der Waals surface area contributed by atoms with Crippen LogP contribution in [0.4, 0.5) is 0 Å². The molecule has 0 fully saturated rings. The first-order chi connectivity index (χ1) is 5.11. The molecule has 1 atom stereocenters. The molecule has 0 amide bonds. The standard InChI is InChI=1S/C9H12BrN.ClH/c1-6-3-4-8(10)5-9(6)7(2)11;/h3-5,7H,11H2,1-2H3;1H/t7-;/m1./s1. The van der Waals surface area contributed by atoms with Crippen LogP contribution in [0, 0.1) is 6.92 Å². The first kappa shape index (κ1) is 11.9. The Kier molecular flexibility index (Phi) is 4.83. The molecule has 1 rings (SSSR count). The van der Waals surface area contributed by atoms with Crippen molar-refractivity contribution in [2.75, 3.05) is 0 Å². The third-order valence-corrected chi connectivity index (χ3v) is 2.23. The molecular weight excluding hydrogens is 237 g/mol. The first-order valence-corrected chi connectivity index (χ1v) is 4.42. The number of aryl methyl sites for hydroxylation is 1. The van der Waals surface area contributed by atoms with E-state index in [0.29, 0.717) is 0 Å². The van der Waals surface area contributed by atoms with Crippen molar-refractivity contribution in [2.45, 2.75) is 19.9 Å². The number of hydrogen-bond donors (Lipinski definition) is 1. The maximum atomic E-state index is 5.76. The third-order valence-electron chi connectivity index (χ3n) is 1.73. The lowest BCUT2D eigenvalue weighted by atomic mass is 10.0. The average Bonchev–Trinajstić information content (AvgIpc) is 1.94. The molecule has 0 aliphatic carbocycles. The lowest BCUT2D eigenvalue weighted by molar-refractivity contribution is 0.809. The van der Waals surface area contributed by atoms with Crippen LogP contribution in [-0.4, -0.2) is 0 Å². The van der Waals surface area contributed by atoms with E-state index in [4.69, 9.17) is 5.73 Å². The Morgan fingerprint density at radius 2 is 2.00 bits per heavy atom. The van der Waals surface area contributed by atoms with Crippen LogP contribution >= 0.6 is 28.3 Å². The molecule has 0 unspecified atom stereocenters. The van der Waals surface area contributed by atoms with Crippen molar-refractivity contribution in [3.8, 4) is 0 Å². The molecule has 0 saturated carbocycles. The van der Waals surface area contributed by atoms with Crippen LogP contribution < -0.4 is 5.73 Å². The Labute approximate surface area is 87.9 Å². The molecule has 68 valence electrons. The molecule has 1 aromatic carbocycles. The summed E-state index contributed by atoms with van der Waals surface area (Å²) in [6.45, 7) is 4.07. The highest BCUT2D eigenvalue weighted by Crippen LogP contribution is 2.20. The number of nitrogens with two attached hydrogens (primary N) is 1. The molecule has 1 aromatic rings. The van der Waals surface area contributed by atoms with E-state index in [1.54, 1.807) is 0 Å². The van der Waals surface area contributed by atoms with Gasteiger partial charge in [-0.3, -0.25) is 0 Å². The van der Waals surface area contributed by atoms with E-state index < -0.39 is 0 Å². The van der Waals surface area contributed by atoms with E-state index >= 15 is 0 Å². The van der Waals surface area contributed by atoms with Gasteiger partial charge in [-0.2, -0.15) is 0 Å². The monoisotopic (exact) mass is 249 g/mol. The highest BCUT2D eigenvalue weighted by Gasteiger charge is 2.02. The molecule has 2 N–H and O–H groups in total. The number of hydrogen-bond acceptors (Lipinski definition) is 1. The second-order valence-electron chi connectivity index (χ2n) is 2.79. The van der Waals surface area contributed by atoms with Crippen LogP contribution in [0.3, 0.4) is 0 Å². The quantitative estimate of drug-likeness (QED) is 0.814. The maximum absolute atomic E-state index is 5.76. The lowest BCUT2D eigenvalue weighted by Crippen LogP contribution is -2.06. The number of rotatable bonds is 1. The summed E-state index contributed by atoms with van der Waals surface area (Å²) in [5.74, 6) is 0. The van der Waals surface area contributed by atoms with Gasteiger partial charge in [0.25, 0.3) is 0 Å². The predicted octanol–water partition coefficient (Wildman–Crippen LogP) is 3.20. The van der Waals surface area contributed by atoms with Crippen molar-refractivity contribution in [3.05, 3.63) is 33.8 Å². The Bertz CT molecular complexity index is 261. The fourth-order valence-electron chi connectivity index (χ4n) is 1.10. The molecule has 0 bridgehead atoms. The molecular formula is C9H13BrClN. The van der Waals surface area contributed by atoms with Gasteiger partial charge in [-0.15, -0.1) is 12.4 Å². The molecule has 0 heterocycles. The third kappa shape index (κ3) is 2.77. The summed E-state index contributed by atoms with van der Waals surface area (Å²) in [6, 6.07) is 6.29. The van der Waals surface area contributed by atoms with Crippen LogP contribution in [0.25, 0.3) is 0 Å². The predicted molar refractivity (Wildman–Crippen MR) is 58.7 cm³/mol. The Hall–Kier alpha value is -0.0500. The Morgan fingerprint density at radius 1 is 1.42 bits per heavy atom. The molecule has 0 aliphatic rings. The minimum atomic E-state index is 0. The van der Waals surface area contributed by atoms with Gasteiger partial charge >= 0.3 is 0 Å². The van der Waals surface area contributed by atoms with Crippen molar-refractivity contribution in [3.63, 3.8) is 0 Å². The molecule has 0 spiro atoms. The van der Waals surface area contributed by atoms with Crippen molar-refractivity contribution >= 4 is 28.3 Å². The van der Waals surface area contributed by atoms with Gasteiger partial charge in [-0.05, 0) is 37.1 Å². The van der Waals surface area contributed by atoms with Gasteiger partial charge in [-0.25, -0.2) is 0 Å². The van der Waals surface area contributed by atoms with Crippen LogP contribution in [0.5, 0.6) is 0 Å². The van der Waals surface area contributed by atoms with Gasteiger partial charge < -0.3 is 5.73 Å². The summed E-state index contributed by atoms with van der Waals surface area (Å²) < 4.78 is 1.09. The van der Waals surface area contributed by atoms with Gasteiger partial charge in [0.05, 0.1) is 0 Å². The summed E-state index contributed by atoms with van der Waals surface area (Å²) in [6.07, 6.45) is 0. The van der Waals surface area contributed by atoms with E-state index in [-0.39, 0.29) is 18.4 Å². The first-order valence-electron chi connectivity index (χ1n) is 3.63. The van der Waals surface area contributed by atoms with Gasteiger partial charge in [0.2, 0.25) is 0 Å². The highest BCUT2D eigenvalue weighted by atomic mass is 79.9. The smallest absolute Gasteiger partial charge is 0.0269 e. The molecule has 1 nitrogen and oxygen atoms in total. The van der Waals surface area contributed by atoms with Gasteiger partial charge in [0.15, 0.2) is 0 Å². The molecule has 0 aliphatic heterocycles. The summed E-state index contributed by atoms with van der Waals surface area (Å²) in [7, 11) is 0. The Balaban J connectivity index is 0.00000121. The maximum Gasteiger partial charge on any atom is 0.0269 e. The van der Waals surface area contributed by atoms with Crippen LogP contribution in [-0.2, 0) is 0 Å². The Morgan fingerprint density at radius 3 is 2.42 bits per heavy atom. The van der Waals surface area contributed by atoms with Crippen LogP contribution in [0.1, 0.15) is 24.1 Å². The summed E-state index contributed by atoms with van der Waals surface area (Å²) in [5, 5.41) is 0. The molecule has 3 heteroatoms. The highest BCUT2D eigenvalue weighted by molar-refractivity contribution is 9.10. The second kappa shape index (κ2) is 4.85. The van der Waals surface area contributed by atoms with Crippen LogP contribution in [0.2, 0.25) is 0 Å². The fraction of sp³-hybridized carbons (Fsp3) is 0.333. The SMILES string of the molecule is Cc1ccc(Br)cc1[C@@H](C)N.Cl.